The molecule has 1 fully saturated rings. The minimum Gasteiger partial charge on any atom is -0.336 e. The molecule has 0 saturated carbocycles. The summed E-state index contributed by atoms with van der Waals surface area (Å²) >= 11 is 0. The quantitative estimate of drug-likeness (QED) is 0.876. The first kappa shape index (κ1) is 14.0. The van der Waals surface area contributed by atoms with Crippen molar-refractivity contribution in [3.8, 4) is 0 Å². The molecule has 1 atom stereocenters. The fourth-order valence-corrected chi connectivity index (χ4v) is 2.64. The van der Waals surface area contributed by atoms with Gasteiger partial charge in [-0.05, 0) is 19.5 Å². The van der Waals surface area contributed by atoms with Crippen LogP contribution < -0.4 is 5.32 Å². The molecule has 0 aromatic heterocycles. The maximum atomic E-state index is 11.9. The van der Waals surface area contributed by atoms with Crippen LogP contribution in [0.2, 0.25) is 0 Å². The Morgan fingerprint density at radius 1 is 1.32 bits per heavy atom. The summed E-state index contributed by atoms with van der Waals surface area (Å²) < 4.78 is 0. The summed E-state index contributed by atoms with van der Waals surface area (Å²) in [7, 11) is 1.81. The highest BCUT2D eigenvalue weighted by atomic mass is 16.2. The summed E-state index contributed by atoms with van der Waals surface area (Å²) in [6.07, 6.45) is 0. The van der Waals surface area contributed by atoms with Gasteiger partial charge in [-0.2, -0.15) is 0 Å². The molecule has 4 heteroatoms. The molecule has 1 aliphatic heterocycles. The first-order chi connectivity index (χ1) is 9.20. The van der Waals surface area contributed by atoms with E-state index in [0.717, 1.165) is 26.2 Å². The minimum absolute atomic E-state index is 0.203. The van der Waals surface area contributed by atoms with Crippen LogP contribution in [0.25, 0.3) is 0 Å². The molecule has 1 N–H and O–H groups in total. The maximum Gasteiger partial charge on any atom is 0.236 e. The molecule has 0 aliphatic carbocycles. The Kier molecular flexibility index (Phi) is 4.93. The maximum absolute atomic E-state index is 11.9. The number of likely N-dealkylation sites (N-methyl/N-ethyl adjacent to an activating group) is 1. The summed E-state index contributed by atoms with van der Waals surface area (Å²) in [5.74, 6) is 0.203. The van der Waals surface area contributed by atoms with Crippen molar-refractivity contribution in [1.82, 2.24) is 15.1 Å². The van der Waals surface area contributed by atoms with Crippen LogP contribution in [0.3, 0.4) is 0 Å². The van der Waals surface area contributed by atoms with E-state index in [1.807, 2.05) is 18.0 Å². The van der Waals surface area contributed by atoms with E-state index in [9.17, 15) is 4.79 Å². The largest absolute Gasteiger partial charge is 0.336 e. The SMILES string of the molecule is CNCC(=O)N1CCN(Cc2ccccc2)CC1C. The lowest BCUT2D eigenvalue weighted by Gasteiger charge is -2.40. The predicted octanol–water partition coefficient (Wildman–Crippen LogP) is 0.939. The molecule has 1 aliphatic rings. The zero-order valence-electron chi connectivity index (χ0n) is 11.8. The van der Waals surface area contributed by atoms with Crippen LogP contribution in [0.15, 0.2) is 30.3 Å². The van der Waals surface area contributed by atoms with Crippen molar-refractivity contribution in [2.75, 3.05) is 33.2 Å². The summed E-state index contributed by atoms with van der Waals surface area (Å²) in [6, 6.07) is 10.8. The zero-order chi connectivity index (χ0) is 13.7. The molecule has 1 saturated heterocycles. The van der Waals surface area contributed by atoms with Gasteiger partial charge in [0.1, 0.15) is 0 Å². The second-order valence-electron chi connectivity index (χ2n) is 5.19. The van der Waals surface area contributed by atoms with Crippen molar-refractivity contribution in [2.24, 2.45) is 0 Å². The lowest BCUT2D eigenvalue weighted by atomic mass is 10.1. The fourth-order valence-electron chi connectivity index (χ4n) is 2.64. The molecule has 0 radical (unpaired) electrons. The van der Waals surface area contributed by atoms with Gasteiger partial charge in [-0.1, -0.05) is 30.3 Å². The van der Waals surface area contributed by atoms with E-state index < -0.39 is 0 Å². The van der Waals surface area contributed by atoms with Gasteiger partial charge < -0.3 is 10.2 Å². The van der Waals surface area contributed by atoms with Gasteiger partial charge in [0, 0.05) is 32.2 Å². The number of nitrogens with zero attached hydrogens (tertiary/aromatic N) is 2. The number of carbonyl (C=O) groups is 1. The summed E-state index contributed by atoms with van der Waals surface area (Å²) in [4.78, 5) is 16.3. The molecule has 1 unspecified atom stereocenters. The van der Waals surface area contributed by atoms with Gasteiger partial charge in [0.2, 0.25) is 5.91 Å². The van der Waals surface area contributed by atoms with Crippen LogP contribution in [0.5, 0.6) is 0 Å². The number of piperazine rings is 1. The molecular formula is C15H23N3O. The molecular weight excluding hydrogens is 238 g/mol. The van der Waals surface area contributed by atoms with Gasteiger partial charge in [-0.15, -0.1) is 0 Å². The summed E-state index contributed by atoms with van der Waals surface area (Å²) in [6.45, 7) is 6.26. The lowest BCUT2D eigenvalue weighted by molar-refractivity contribution is -0.134. The van der Waals surface area contributed by atoms with Crippen molar-refractivity contribution in [3.63, 3.8) is 0 Å². The van der Waals surface area contributed by atoms with E-state index in [1.54, 1.807) is 0 Å². The van der Waals surface area contributed by atoms with Crippen molar-refractivity contribution in [3.05, 3.63) is 35.9 Å². The number of rotatable bonds is 4. The van der Waals surface area contributed by atoms with E-state index in [1.165, 1.54) is 5.56 Å². The number of nitrogens with one attached hydrogen (secondary N) is 1. The molecule has 2 rings (SSSR count). The Hall–Kier alpha value is -1.39. The van der Waals surface area contributed by atoms with E-state index in [0.29, 0.717) is 12.6 Å². The van der Waals surface area contributed by atoms with Crippen molar-refractivity contribution < 1.29 is 4.79 Å². The topological polar surface area (TPSA) is 35.6 Å². The number of carbonyl (C=O) groups excluding carboxylic acids is 1. The molecule has 1 heterocycles. The van der Waals surface area contributed by atoms with Gasteiger partial charge in [0.25, 0.3) is 0 Å². The Balaban J connectivity index is 1.88. The highest BCUT2D eigenvalue weighted by molar-refractivity contribution is 5.78. The fraction of sp³-hybridized carbons (Fsp3) is 0.533. The van der Waals surface area contributed by atoms with E-state index in [-0.39, 0.29) is 5.91 Å². The van der Waals surface area contributed by atoms with Gasteiger partial charge in [0.15, 0.2) is 0 Å². The van der Waals surface area contributed by atoms with E-state index >= 15 is 0 Å². The smallest absolute Gasteiger partial charge is 0.236 e. The van der Waals surface area contributed by atoms with Crippen LogP contribution in [-0.4, -0.2) is 55.0 Å². The first-order valence-corrected chi connectivity index (χ1v) is 6.91. The zero-order valence-corrected chi connectivity index (χ0v) is 11.8. The van der Waals surface area contributed by atoms with Crippen LogP contribution in [0, 0.1) is 0 Å². The molecule has 4 nitrogen and oxygen atoms in total. The standard InChI is InChI=1S/C15H23N3O/c1-13-11-17(12-14-6-4-3-5-7-14)8-9-18(13)15(19)10-16-2/h3-7,13,16H,8-12H2,1-2H3. The number of hydrogen-bond donors (Lipinski definition) is 1. The van der Waals surface area contributed by atoms with E-state index in [2.05, 4.69) is 41.4 Å². The van der Waals surface area contributed by atoms with E-state index in [4.69, 9.17) is 0 Å². The normalized spacial score (nSPS) is 20.5. The van der Waals surface area contributed by atoms with Crippen LogP contribution in [0.4, 0.5) is 0 Å². The monoisotopic (exact) mass is 261 g/mol. The van der Waals surface area contributed by atoms with Crippen molar-refractivity contribution >= 4 is 5.91 Å². The Bertz CT molecular complexity index is 407. The average molecular weight is 261 g/mol. The molecule has 1 aromatic carbocycles. The molecule has 19 heavy (non-hydrogen) atoms. The van der Waals surface area contributed by atoms with Gasteiger partial charge in [-0.3, -0.25) is 9.69 Å². The van der Waals surface area contributed by atoms with Gasteiger partial charge >= 0.3 is 0 Å². The Morgan fingerprint density at radius 2 is 2.05 bits per heavy atom. The minimum atomic E-state index is 0.203. The molecule has 1 amide bonds. The molecule has 0 spiro atoms. The van der Waals surface area contributed by atoms with Gasteiger partial charge in [-0.25, -0.2) is 0 Å². The third kappa shape index (κ3) is 3.78. The third-order valence-electron chi connectivity index (χ3n) is 3.61. The van der Waals surface area contributed by atoms with Crippen molar-refractivity contribution in [1.29, 1.82) is 0 Å². The highest BCUT2D eigenvalue weighted by Gasteiger charge is 2.26. The number of hydrogen-bond acceptors (Lipinski definition) is 3. The first-order valence-electron chi connectivity index (χ1n) is 6.91. The second kappa shape index (κ2) is 6.68. The van der Waals surface area contributed by atoms with Crippen LogP contribution in [0.1, 0.15) is 12.5 Å². The lowest BCUT2D eigenvalue weighted by Crippen LogP contribution is -2.55. The summed E-state index contributed by atoms with van der Waals surface area (Å²) in [5, 5.41) is 2.93. The molecule has 1 aromatic rings. The highest BCUT2D eigenvalue weighted by Crippen LogP contribution is 2.13. The van der Waals surface area contributed by atoms with Crippen molar-refractivity contribution in [2.45, 2.75) is 19.5 Å². The second-order valence-corrected chi connectivity index (χ2v) is 5.19. The van der Waals surface area contributed by atoms with Crippen LogP contribution in [-0.2, 0) is 11.3 Å². The predicted molar refractivity (Wildman–Crippen MR) is 76.8 cm³/mol. The molecule has 104 valence electrons. The third-order valence-corrected chi connectivity index (χ3v) is 3.61. The Morgan fingerprint density at radius 3 is 2.68 bits per heavy atom. The number of benzene rings is 1. The molecule has 0 bridgehead atoms. The number of amides is 1. The van der Waals surface area contributed by atoms with Gasteiger partial charge in [0.05, 0.1) is 6.54 Å². The Labute approximate surface area is 115 Å². The van der Waals surface area contributed by atoms with Crippen LogP contribution >= 0.6 is 0 Å². The average Bonchev–Trinajstić information content (AvgIpc) is 2.40. The summed E-state index contributed by atoms with van der Waals surface area (Å²) in [5.41, 5.74) is 1.34.